The van der Waals surface area contributed by atoms with E-state index in [1.54, 1.807) is 19.2 Å². The van der Waals surface area contributed by atoms with Gasteiger partial charge in [-0.05, 0) is 55.2 Å². The molecule has 1 aliphatic rings. The van der Waals surface area contributed by atoms with Gasteiger partial charge in [0.15, 0.2) is 11.5 Å². The molecule has 9 nitrogen and oxygen atoms in total. The molecule has 1 unspecified atom stereocenters. The molecule has 0 amide bonds. The number of sulfonamides is 1. The number of hydrogen-bond donors (Lipinski definition) is 3. The monoisotopic (exact) mass is 464 g/mol. The van der Waals surface area contributed by atoms with Crippen LogP contribution in [0, 0.1) is 0 Å². The van der Waals surface area contributed by atoms with Gasteiger partial charge in [0.05, 0.1) is 31.6 Å². The maximum Gasteiger partial charge on any atom is 0.335 e. The van der Waals surface area contributed by atoms with Crippen LogP contribution < -0.4 is 19.5 Å². The topological polar surface area (TPSA) is 123 Å². The molecule has 10 heteroatoms. The molecule has 3 N–H and O–H groups in total. The van der Waals surface area contributed by atoms with Gasteiger partial charge in [-0.1, -0.05) is 6.07 Å². The number of carboxylic acid groups (broad SMARTS) is 1. The van der Waals surface area contributed by atoms with Crippen molar-refractivity contribution in [2.24, 2.45) is 0 Å². The molecule has 0 bridgehead atoms. The second-order valence-electron chi connectivity index (χ2n) is 7.37. The van der Waals surface area contributed by atoms with Crippen LogP contribution in [-0.2, 0) is 21.2 Å². The Balaban J connectivity index is 1.73. The molecule has 32 heavy (non-hydrogen) atoms. The van der Waals surface area contributed by atoms with Gasteiger partial charge >= 0.3 is 5.97 Å². The SMILES string of the molecule is COc1ccc(CCNS(=O)(=O)c2cc(C(=O)O)ccc2NCC2CCCO2)cc1OC. The molecule has 2 aromatic carbocycles. The highest BCUT2D eigenvalue weighted by atomic mass is 32.2. The lowest BCUT2D eigenvalue weighted by Gasteiger charge is -2.16. The first-order valence-electron chi connectivity index (χ1n) is 10.3. The van der Waals surface area contributed by atoms with E-state index < -0.39 is 16.0 Å². The maximum atomic E-state index is 13.0. The number of methoxy groups -OCH3 is 2. The lowest BCUT2D eigenvalue weighted by molar-refractivity contribution is 0.0696. The van der Waals surface area contributed by atoms with Crippen molar-refractivity contribution in [2.75, 3.05) is 39.2 Å². The van der Waals surface area contributed by atoms with Gasteiger partial charge < -0.3 is 24.6 Å². The fourth-order valence-electron chi connectivity index (χ4n) is 3.50. The second-order valence-corrected chi connectivity index (χ2v) is 9.10. The van der Waals surface area contributed by atoms with Gasteiger partial charge in [0.25, 0.3) is 0 Å². The van der Waals surface area contributed by atoms with Gasteiger partial charge in [0, 0.05) is 19.7 Å². The van der Waals surface area contributed by atoms with E-state index in [0.717, 1.165) is 18.4 Å². The predicted octanol–water partition coefficient (Wildman–Crippen LogP) is 2.51. The van der Waals surface area contributed by atoms with Gasteiger partial charge in [-0.3, -0.25) is 0 Å². The molecule has 0 saturated carbocycles. The Bertz CT molecular complexity index is 1050. The lowest BCUT2D eigenvalue weighted by atomic mass is 10.1. The van der Waals surface area contributed by atoms with Crippen LogP contribution >= 0.6 is 0 Å². The Hall–Kier alpha value is -2.82. The van der Waals surface area contributed by atoms with Crippen molar-refractivity contribution < 1.29 is 32.5 Å². The molecule has 174 valence electrons. The fourth-order valence-corrected chi connectivity index (χ4v) is 4.73. The van der Waals surface area contributed by atoms with Crippen molar-refractivity contribution in [3.05, 3.63) is 47.5 Å². The minimum absolute atomic E-state index is 0.00251. The number of carboxylic acids is 1. The molecule has 1 atom stereocenters. The summed E-state index contributed by atoms with van der Waals surface area (Å²) in [6.07, 6.45) is 2.28. The van der Waals surface area contributed by atoms with Crippen molar-refractivity contribution in [1.29, 1.82) is 0 Å². The second kappa shape index (κ2) is 10.7. The number of anilines is 1. The zero-order chi connectivity index (χ0) is 23.1. The molecule has 1 saturated heterocycles. The highest BCUT2D eigenvalue weighted by molar-refractivity contribution is 7.89. The van der Waals surface area contributed by atoms with Gasteiger partial charge in [0.1, 0.15) is 4.90 Å². The molecule has 1 heterocycles. The number of ether oxygens (including phenoxy) is 3. The molecule has 0 aromatic heterocycles. The molecular formula is C22H28N2O7S. The number of rotatable bonds is 11. The number of aromatic carboxylic acids is 1. The Morgan fingerprint density at radius 3 is 2.59 bits per heavy atom. The minimum Gasteiger partial charge on any atom is -0.493 e. The molecule has 0 spiro atoms. The third-order valence-corrected chi connectivity index (χ3v) is 6.72. The smallest absolute Gasteiger partial charge is 0.335 e. The molecule has 1 fully saturated rings. The largest absolute Gasteiger partial charge is 0.493 e. The summed E-state index contributed by atoms with van der Waals surface area (Å²) >= 11 is 0. The Morgan fingerprint density at radius 1 is 1.16 bits per heavy atom. The first-order valence-corrected chi connectivity index (χ1v) is 11.8. The van der Waals surface area contributed by atoms with Crippen molar-refractivity contribution in [1.82, 2.24) is 4.72 Å². The summed E-state index contributed by atoms with van der Waals surface area (Å²) in [7, 11) is -0.888. The normalized spacial score (nSPS) is 16.0. The van der Waals surface area contributed by atoms with Crippen molar-refractivity contribution in [2.45, 2.75) is 30.3 Å². The quantitative estimate of drug-likeness (QED) is 0.464. The van der Waals surface area contributed by atoms with Gasteiger partial charge in [-0.2, -0.15) is 0 Å². The van der Waals surface area contributed by atoms with E-state index in [1.165, 1.54) is 25.3 Å². The zero-order valence-corrected chi connectivity index (χ0v) is 18.9. The van der Waals surface area contributed by atoms with Crippen LogP contribution in [0.4, 0.5) is 5.69 Å². The minimum atomic E-state index is -3.96. The van der Waals surface area contributed by atoms with E-state index in [1.807, 2.05) is 6.07 Å². The molecule has 0 aliphatic carbocycles. The van der Waals surface area contributed by atoms with Crippen LogP contribution in [0.25, 0.3) is 0 Å². The van der Waals surface area contributed by atoms with Crippen LogP contribution in [0.15, 0.2) is 41.3 Å². The average molecular weight is 465 g/mol. The van der Waals surface area contributed by atoms with E-state index in [2.05, 4.69) is 10.0 Å². The summed E-state index contributed by atoms with van der Waals surface area (Å²) in [5.74, 6) is -0.0515. The average Bonchev–Trinajstić information content (AvgIpc) is 3.31. The van der Waals surface area contributed by atoms with E-state index in [9.17, 15) is 18.3 Å². The number of carbonyl (C=O) groups is 1. The van der Waals surface area contributed by atoms with Crippen LogP contribution in [0.1, 0.15) is 28.8 Å². The maximum absolute atomic E-state index is 13.0. The summed E-state index contributed by atoms with van der Waals surface area (Å²) in [6.45, 7) is 1.26. The van der Waals surface area contributed by atoms with Gasteiger partial charge in [-0.25, -0.2) is 17.9 Å². The number of hydrogen-bond acceptors (Lipinski definition) is 7. The lowest BCUT2D eigenvalue weighted by Crippen LogP contribution is -2.28. The Morgan fingerprint density at radius 2 is 1.94 bits per heavy atom. The molecule has 1 aliphatic heterocycles. The number of benzene rings is 2. The summed E-state index contributed by atoms with van der Waals surface area (Å²) in [6, 6.07) is 9.39. The summed E-state index contributed by atoms with van der Waals surface area (Å²) in [5.41, 5.74) is 1.10. The first-order chi connectivity index (χ1) is 15.3. The highest BCUT2D eigenvalue weighted by Gasteiger charge is 2.22. The molecule has 0 radical (unpaired) electrons. The fraction of sp³-hybridized carbons (Fsp3) is 0.409. The molecule has 2 aromatic rings. The van der Waals surface area contributed by atoms with Crippen molar-refractivity contribution in [3.63, 3.8) is 0 Å². The summed E-state index contributed by atoms with van der Waals surface area (Å²) in [5, 5.41) is 12.4. The van der Waals surface area contributed by atoms with Crippen LogP contribution in [0.5, 0.6) is 11.5 Å². The molecule has 3 rings (SSSR count). The van der Waals surface area contributed by atoms with E-state index in [0.29, 0.717) is 36.8 Å². The van der Waals surface area contributed by atoms with Crippen LogP contribution in [0.2, 0.25) is 0 Å². The van der Waals surface area contributed by atoms with Crippen LogP contribution in [-0.4, -0.2) is 59.5 Å². The predicted molar refractivity (Wildman–Crippen MR) is 119 cm³/mol. The highest BCUT2D eigenvalue weighted by Crippen LogP contribution is 2.28. The third kappa shape index (κ3) is 5.90. The van der Waals surface area contributed by atoms with E-state index in [4.69, 9.17) is 14.2 Å². The summed E-state index contributed by atoms with van der Waals surface area (Å²) < 4.78 is 44.7. The Labute approximate surface area is 187 Å². The zero-order valence-electron chi connectivity index (χ0n) is 18.1. The number of nitrogens with one attached hydrogen (secondary N) is 2. The van der Waals surface area contributed by atoms with E-state index in [-0.39, 0.29) is 23.1 Å². The third-order valence-electron chi connectivity index (χ3n) is 5.22. The van der Waals surface area contributed by atoms with Gasteiger partial charge in [-0.15, -0.1) is 0 Å². The first kappa shape index (κ1) is 23.8. The summed E-state index contributed by atoms with van der Waals surface area (Å²) in [4.78, 5) is 11.3. The van der Waals surface area contributed by atoms with Crippen molar-refractivity contribution in [3.8, 4) is 11.5 Å². The standard InChI is InChI=1S/C22H28N2O7S/c1-29-19-8-5-15(12-20(19)30-2)9-10-24-32(27,28)21-13-16(22(25)26)6-7-18(21)23-14-17-4-3-11-31-17/h5-8,12-13,17,23-24H,3-4,9-11,14H2,1-2H3,(H,25,26). The van der Waals surface area contributed by atoms with Gasteiger partial charge in [0.2, 0.25) is 10.0 Å². The Kier molecular flexibility index (Phi) is 7.94. The van der Waals surface area contributed by atoms with E-state index >= 15 is 0 Å². The van der Waals surface area contributed by atoms with Crippen molar-refractivity contribution >= 4 is 21.7 Å². The molecular weight excluding hydrogens is 436 g/mol. The van der Waals surface area contributed by atoms with Crippen LogP contribution in [0.3, 0.4) is 0 Å².